The number of hydrogen-bond acceptors (Lipinski definition) is 2. The van der Waals surface area contributed by atoms with Crippen molar-refractivity contribution in [2.75, 3.05) is 0 Å². The first-order chi connectivity index (χ1) is 16.1. The number of esters is 1. The van der Waals surface area contributed by atoms with Gasteiger partial charge >= 0.3 is 5.97 Å². The fraction of sp³-hybridized carbons (Fsp3) is 0.516. The number of ether oxygens (including phenoxy) is 1. The fourth-order valence-electron chi connectivity index (χ4n) is 5.98. The van der Waals surface area contributed by atoms with Crippen molar-refractivity contribution >= 4 is 14.0 Å². The van der Waals surface area contributed by atoms with Gasteiger partial charge in [0.2, 0.25) is 0 Å². The highest BCUT2D eigenvalue weighted by Crippen LogP contribution is 2.56. The third-order valence-corrected chi connectivity index (χ3v) is 9.31. The van der Waals surface area contributed by atoms with Crippen molar-refractivity contribution in [2.24, 2.45) is 23.7 Å². The summed E-state index contributed by atoms with van der Waals surface area (Å²) in [4.78, 5) is 13.7. The van der Waals surface area contributed by atoms with Gasteiger partial charge in [0.15, 0.2) is 0 Å². The Bertz CT molecular complexity index is 989. The summed E-state index contributed by atoms with van der Waals surface area (Å²) in [6.45, 7) is 14.0. The Labute approximate surface area is 207 Å². The number of rotatable bonds is 7. The molecule has 2 aliphatic carbocycles. The number of allylic oxidation sites excluding steroid dienone is 1. The number of carbonyl (C=O) groups excluding carboxylic acids is 1. The van der Waals surface area contributed by atoms with Crippen molar-refractivity contribution in [1.82, 2.24) is 0 Å². The lowest BCUT2D eigenvalue weighted by molar-refractivity contribution is -0.158. The van der Waals surface area contributed by atoms with E-state index in [0.29, 0.717) is 11.8 Å². The third-order valence-electron chi connectivity index (χ3n) is 8.12. The highest BCUT2D eigenvalue weighted by atomic mass is 28.3. The normalized spacial score (nSPS) is 29.7. The lowest BCUT2D eigenvalue weighted by Gasteiger charge is -2.44. The van der Waals surface area contributed by atoms with E-state index < -0.39 is 8.07 Å². The lowest BCUT2D eigenvalue weighted by atomic mass is 9.64. The SMILES string of the molecule is C[C@@H]1CC[C@@H](C(C)(C)c2ccccc2)[C@H](OC(=O)[C@@H]2[C@@H](/C=C/[Si](C)(C)C)[C@H]2c2ccccc2)C1. The van der Waals surface area contributed by atoms with Gasteiger partial charge in [-0.3, -0.25) is 4.79 Å². The molecule has 4 rings (SSSR count). The summed E-state index contributed by atoms with van der Waals surface area (Å²) in [5, 5.41) is 0. The molecule has 0 amide bonds. The average Bonchev–Trinajstić information content (AvgIpc) is 3.53. The van der Waals surface area contributed by atoms with Gasteiger partial charge in [-0.2, -0.15) is 0 Å². The second-order valence-corrected chi connectivity index (χ2v) is 17.4. The summed E-state index contributed by atoms with van der Waals surface area (Å²) in [7, 11) is -1.33. The zero-order chi connectivity index (χ0) is 24.5. The van der Waals surface area contributed by atoms with Gasteiger partial charge in [0.05, 0.1) is 14.0 Å². The van der Waals surface area contributed by atoms with Crippen LogP contribution in [0.5, 0.6) is 0 Å². The molecule has 0 heterocycles. The van der Waals surface area contributed by atoms with E-state index in [1.54, 1.807) is 0 Å². The summed E-state index contributed by atoms with van der Waals surface area (Å²) in [6.07, 6.45) is 5.57. The van der Waals surface area contributed by atoms with Crippen molar-refractivity contribution in [1.29, 1.82) is 0 Å². The lowest BCUT2D eigenvalue weighted by Crippen LogP contribution is -2.43. The van der Waals surface area contributed by atoms with Gasteiger partial charge in [0, 0.05) is 11.8 Å². The molecule has 0 aromatic heterocycles. The van der Waals surface area contributed by atoms with Gasteiger partial charge in [0.1, 0.15) is 6.10 Å². The van der Waals surface area contributed by atoms with Gasteiger partial charge in [-0.15, -0.1) is 0 Å². The molecule has 0 N–H and O–H groups in total. The first kappa shape index (κ1) is 25.0. The Morgan fingerprint density at radius 1 is 0.971 bits per heavy atom. The Morgan fingerprint density at radius 2 is 1.59 bits per heavy atom. The van der Waals surface area contributed by atoms with Crippen LogP contribution >= 0.6 is 0 Å². The topological polar surface area (TPSA) is 26.3 Å². The number of benzene rings is 2. The molecule has 2 nitrogen and oxygen atoms in total. The van der Waals surface area contributed by atoms with Crippen molar-refractivity contribution in [2.45, 2.75) is 77.1 Å². The minimum absolute atomic E-state index is 0.00652. The Kier molecular flexibility index (Phi) is 7.24. The quantitative estimate of drug-likeness (QED) is 0.302. The molecular weight excluding hydrogens is 432 g/mol. The van der Waals surface area contributed by atoms with Crippen LogP contribution in [0.2, 0.25) is 19.6 Å². The molecule has 0 saturated heterocycles. The first-order valence-corrected chi connectivity index (χ1v) is 16.7. The number of carbonyl (C=O) groups is 1. The minimum Gasteiger partial charge on any atom is -0.462 e. The maximum atomic E-state index is 13.7. The van der Waals surface area contributed by atoms with Crippen LogP contribution < -0.4 is 0 Å². The molecule has 2 aliphatic rings. The summed E-state index contributed by atoms with van der Waals surface area (Å²) in [5.41, 5.74) is 4.95. The maximum Gasteiger partial charge on any atom is 0.310 e. The molecule has 0 radical (unpaired) electrons. The second-order valence-electron chi connectivity index (χ2n) is 12.4. The van der Waals surface area contributed by atoms with E-state index >= 15 is 0 Å². The monoisotopic (exact) mass is 474 g/mol. The standard InChI is InChI=1S/C31H42O2Si/c1-22-17-18-26(31(2,3)24-15-11-8-12-16-24)27(21-22)33-30(32)29-25(19-20-34(4,5)6)28(29)23-13-9-7-10-14-23/h7-16,19-20,22,25-29H,17-18,21H2,1-6H3/b20-19+/t22-,25+,26-,27-,28-,29-/m1/s1. The zero-order valence-corrected chi connectivity index (χ0v) is 22.8. The van der Waals surface area contributed by atoms with Crippen LogP contribution in [0.1, 0.15) is 57.1 Å². The van der Waals surface area contributed by atoms with E-state index in [1.165, 1.54) is 17.5 Å². The van der Waals surface area contributed by atoms with Crippen LogP contribution in [-0.2, 0) is 14.9 Å². The molecule has 3 heteroatoms. The molecule has 2 aromatic carbocycles. The molecular formula is C31H42O2Si. The fourth-order valence-corrected chi connectivity index (χ4v) is 6.78. The van der Waals surface area contributed by atoms with E-state index in [1.807, 2.05) is 6.07 Å². The van der Waals surface area contributed by atoms with E-state index in [2.05, 4.69) is 107 Å². The zero-order valence-electron chi connectivity index (χ0n) is 21.8. The summed E-state index contributed by atoms with van der Waals surface area (Å²) >= 11 is 0. The molecule has 34 heavy (non-hydrogen) atoms. The Balaban J connectivity index is 1.55. The van der Waals surface area contributed by atoms with Gasteiger partial charge in [0.25, 0.3) is 0 Å². The predicted octanol–water partition coefficient (Wildman–Crippen LogP) is 7.78. The van der Waals surface area contributed by atoms with E-state index in [-0.39, 0.29) is 35.2 Å². The van der Waals surface area contributed by atoms with Crippen LogP contribution in [0.25, 0.3) is 0 Å². The third kappa shape index (κ3) is 5.57. The van der Waals surface area contributed by atoms with Crippen molar-refractivity contribution < 1.29 is 9.53 Å². The molecule has 6 atom stereocenters. The minimum atomic E-state index is -1.33. The highest BCUT2D eigenvalue weighted by molar-refractivity contribution is 6.80. The first-order valence-electron chi connectivity index (χ1n) is 13.1. The summed E-state index contributed by atoms with van der Waals surface area (Å²) in [5.74, 6) is 1.36. The van der Waals surface area contributed by atoms with Crippen molar-refractivity contribution in [3.05, 3.63) is 83.6 Å². The molecule has 2 fully saturated rings. The summed E-state index contributed by atoms with van der Waals surface area (Å²) < 4.78 is 6.46. The van der Waals surface area contributed by atoms with E-state index in [9.17, 15) is 4.79 Å². The van der Waals surface area contributed by atoms with Crippen molar-refractivity contribution in [3.63, 3.8) is 0 Å². The smallest absolute Gasteiger partial charge is 0.310 e. The predicted molar refractivity (Wildman–Crippen MR) is 145 cm³/mol. The average molecular weight is 475 g/mol. The van der Waals surface area contributed by atoms with E-state index in [4.69, 9.17) is 4.74 Å². The highest BCUT2D eigenvalue weighted by Gasteiger charge is 2.56. The molecule has 0 bridgehead atoms. The van der Waals surface area contributed by atoms with Crippen LogP contribution in [0.3, 0.4) is 0 Å². The van der Waals surface area contributed by atoms with Gasteiger partial charge in [-0.25, -0.2) is 0 Å². The second kappa shape index (κ2) is 9.85. The van der Waals surface area contributed by atoms with Gasteiger partial charge in [-0.1, -0.05) is 119 Å². The maximum absolute atomic E-state index is 13.7. The van der Waals surface area contributed by atoms with Crippen LogP contribution in [0.4, 0.5) is 0 Å². The molecule has 2 saturated carbocycles. The molecule has 182 valence electrons. The largest absolute Gasteiger partial charge is 0.462 e. The molecule has 0 aliphatic heterocycles. The molecule has 0 spiro atoms. The summed E-state index contributed by atoms with van der Waals surface area (Å²) in [6, 6.07) is 21.3. The van der Waals surface area contributed by atoms with Crippen LogP contribution in [0, 0.1) is 23.7 Å². The van der Waals surface area contributed by atoms with Crippen LogP contribution in [-0.4, -0.2) is 20.1 Å². The van der Waals surface area contributed by atoms with Gasteiger partial charge in [-0.05, 0) is 41.2 Å². The molecule has 2 aromatic rings. The van der Waals surface area contributed by atoms with Crippen molar-refractivity contribution in [3.8, 4) is 0 Å². The number of hydrogen-bond donors (Lipinski definition) is 0. The van der Waals surface area contributed by atoms with E-state index in [0.717, 1.165) is 12.8 Å². The van der Waals surface area contributed by atoms with Gasteiger partial charge < -0.3 is 4.74 Å². The van der Waals surface area contributed by atoms with Crippen LogP contribution in [0.15, 0.2) is 72.4 Å². The molecule has 0 unspecified atom stereocenters. The Hall–Kier alpha value is -2.13. The Morgan fingerprint density at radius 3 is 2.21 bits per heavy atom.